The van der Waals surface area contributed by atoms with Crippen molar-refractivity contribution in [2.24, 2.45) is 17.8 Å². The van der Waals surface area contributed by atoms with Gasteiger partial charge in [-0.05, 0) is 92.5 Å². The van der Waals surface area contributed by atoms with Gasteiger partial charge in [0.2, 0.25) is 0 Å². The maximum Gasteiger partial charge on any atom is 0.344 e. The molecule has 1 aromatic heterocycles. The first kappa shape index (κ1) is 18.9. The second-order valence-electron chi connectivity index (χ2n) is 9.95. The highest BCUT2D eigenvalue weighted by Gasteiger charge is 2.53. The van der Waals surface area contributed by atoms with Crippen molar-refractivity contribution in [3.63, 3.8) is 0 Å². The minimum atomic E-state index is -0.395. The minimum absolute atomic E-state index is 0.258. The Hall–Kier alpha value is -2.88. The number of fused-ring (bicyclic) bond motifs is 1. The first-order valence-electron chi connectivity index (χ1n) is 11.4. The van der Waals surface area contributed by atoms with Crippen molar-refractivity contribution in [2.45, 2.75) is 51.0 Å². The number of hydrogen-bond acceptors (Lipinski definition) is 4. The van der Waals surface area contributed by atoms with Gasteiger partial charge in [0, 0.05) is 5.39 Å². The summed E-state index contributed by atoms with van der Waals surface area (Å²) in [4.78, 5) is 26.0. The average Bonchev–Trinajstić information content (AvgIpc) is 2.72. The molecule has 3 aromatic rings. The Kier molecular flexibility index (Phi) is 4.14. The Morgan fingerprint density at radius 2 is 1.61 bits per heavy atom. The molecule has 0 unspecified atom stereocenters. The summed E-state index contributed by atoms with van der Waals surface area (Å²) in [6.45, 7) is 1.89. The standard InChI is InChI=1S/C27H26O4/c1-16-21(23-12-20-5-2-3-8-24(20)30-25(23)28)6-4-7-22(16)26(29)31-27-13-17-9-18(14-27)11-19(10-17)15-27/h2-8,12,17-19H,9-11,13-15H2,1H3. The van der Waals surface area contributed by atoms with Crippen molar-refractivity contribution in [3.8, 4) is 11.1 Å². The zero-order valence-electron chi connectivity index (χ0n) is 17.7. The molecular formula is C27H26O4. The van der Waals surface area contributed by atoms with E-state index in [1.807, 2.05) is 49.4 Å². The summed E-state index contributed by atoms with van der Waals surface area (Å²) < 4.78 is 11.8. The van der Waals surface area contributed by atoms with Crippen LogP contribution in [0.3, 0.4) is 0 Å². The first-order valence-corrected chi connectivity index (χ1v) is 11.4. The van der Waals surface area contributed by atoms with E-state index in [-0.39, 0.29) is 11.6 Å². The molecule has 0 aliphatic heterocycles. The second-order valence-corrected chi connectivity index (χ2v) is 9.95. The molecule has 4 nitrogen and oxygen atoms in total. The second kappa shape index (κ2) is 6.81. The van der Waals surface area contributed by atoms with Crippen LogP contribution in [0.15, 0.2) is 57.7 Å². The van der Waals surface area contributed by atoms with Crippen LogP contribution in [0.2, 0.25) is 0 Å². The summed E-state index contributed by atoms with van der Waals surface area (Å²) >= 11 is 0. The lowest BCUT2D eigenvalue weighted by atomic mass is 9.54. The smallest absolute Gasteiger partial charge is 0.344 e. The summed E-state index contributed by atoms with van der Waals surface area (Å²) in [7, 11) is 0. The highest BCUT2D eigenvalue weighted by Crippen LogP contribution is 2.57. The van der Waals surface area contributed by atoms with E-state index in [0.717, 1.165) is 35.8 Å². The Morgan fingerprint density at radius 1 is 0.935 bits per heavy atom. The molecule has 0 N–H and O–H groups in total. The normalized spacial score (nSPS) is 28.7. The maximum absolute atomic E-state index is 13.3. The molecule has 4 fully saturated rings. The van der Waals surface area contributed by atoms with Gasteiger partial charge in [-0.15, -0.1) is 0 Å². The van der Waals surface area contributed by atoms with Gasteiger partial charge in [-0.3, -0.25) is 0 Å². The minimum Gasteiger partial charge on any atom is -0.455 e. The van der Waals surface area contributed by atoms with Gasteiger partial charge in [0.1, 0.15) is 11.2 Å². The number of benzene rings is 2. The highest BCUT2D eigenvalue weighted by atomic mass is 16.6. The molecule has 0 radical (unpaired) electrons. The lowest BCUT2D eigenvalue weighted by Gasteiger charge is -2.55. The van der Waals surface area contributed by atoms with Crippen LogP contribution in [0.1, 0.15) is 54.4 Å². The van der Waals surface area contributed by atoms with Gasteiger partial charge in [0.25, 0.3) is 0 Å². The van der Waals surface area contributed by atoms with E-state index in [2.05, 4.69) is 0 Å². The fraction of sp³-hybridized carbons (Fsp3) is 0.407. The van der Waals surface area contributed by atoms with E-state index in [9.17, 15) is 9.59 Å². The van der Waals surface area contributed by atoms with Crippen molar-refractivity contribution in [2.75, 3.05) is 0 Å². The number of carbonyl (C=O) groups excluding carboxylic acids is 1. The van der Waals surface area contributed by atoms with E-state index >= 15 is 0 Å². The topological polar surface area (TPSA) is 56.5 Å². The summed E-state index contributed by atoms with van der Waals surface area (Å²) in [5.74, 6) is 1.89. The van der Waals surface area contributed by atoms with Crippen molar-refractivity contribution < 1.29 is 13.9 Å². The van der Waals surface area contributed by atoms with Crippen LogP contribution < -0.4 is 5.63 Å². The largest absolute Gasteiger partial charge is 0.455 e. The van der Waals surface area contributed by atoms with Crippen molar-refractivity contribution in [1.29, 1.82) is 0 Å². The Labute approximate surface area is 181 Å². The predicted molar refractivity (Wildman–Crippen MR) is 119 cm³/mol. The van der Waals surface area contributed by atoms with Crippen LogP contribution in [0.5, 0.6) is 0 Å². The molecule has 0 amide bonds. The number of para-hydroxylation sites is 1. The molecule has 0 spiro atoms. The molecule has 4 heteroatoms. The van der Waals surface area contributed by atoms with E-state index < -0.39 is 5.63 Å². The van der Waals surface area contributed by atoms with Crippen LogP contribution in [0.25, 0.3) is 22.1 Å². The van der Waals surface area contributed by atoms with Crippen molar-refractivity contribution in [1.82, 2.24) is 0 Å². The molecule has 1 heterocycles. The van der Waals surface area contributed by atoms with E-state index in [4.69, 9.17) is 9.15 Å². The van der Waals surface area contributed by atoms with E-state index in [1.54, 1.807) is 6.07 Å². The molecule has 4 aliphatic rings. The predicted octanol–water partition coefficient (Wildman–Crippen LogP) is 5.89. The third kappa shape index (κ3) is 3.12. The molecule has 0 saturated heterocycles. The molecule has 4 saturated carbocycles. The van der Waals surface area contributed by atoms with Crippen LogP contribution in [-0.4, -0.2) is 11.6 Å². The molecule has 0 atom stereocenters. The quantitative estimate of drug-likeness (QED) is 0.396. The average molecular weight is 415 g/mol. The summed E-state index contributed by atoms with van der Waals surface area (Å²) in [6.07, 6.45) is 6.96. The Morgan fingerprint density at radius 3 is 2.32 bits per heavy atom. The molecule has 31 heavy (non-hydrogen) atoms. The zero-order chi connectivity index (χ0) is 21.2. The van der Waals surface area contributed by atoms with Gasteiger partial charge < -0.3 is 9.15 Å². The number of rotatable bonds is 3. The monoisotopic (exact) mass is 414 g/mol. The van der Waals surface area contributed by atoms with Crippen LogP contribution in [0.4, 0.5) is 0 Å². The van der Waals surface area contributed by atoms with E-state index in [0.29, 0.717) is 34.5 Å². The molecule has 7 rings (SSSR count). The molecular weight excluding hydrogens is 388 g/mol. The van der Waals surface area contributed by atoms with Gasteiger partial charge in [-0.1, -0.05) is 30.3 Å². The van der Waals surface area contributed by atoms with E-state index in [1.165, 1.54) is 19.3 Å². The Balaban J connectivity index is 1.35. The van der Waals surface area contributed by atoms with Crippen molar-refractivity contribution in [3.05, 3.63) is 70.1 Å². The summed E-state index contributed by atoms with van der Waals surface area (Å²) in [6, 6.07) is 14.8. The number of carbonyl (C=O) groups is 1. The Bertz CT molecular complexity index is 1220. The van der Waals surface area contributed by atoms with Gasteiger partial charge in [0.05, 0.1) is 11.1 Å². The summed E-state index contributed by atoms with van der Waals surface area (Å²) in [5.41, 5.74) is 2.39. The zero-order valence-corrected chi connectivity index (χ0v) is 17.7. The lowest BCUT2D eigenvalue weighted by Crippen LogP contribution is -2.52. The van der Waals surface area contributed by atoms with Crippen LogP contribution in [0, 0.1) is 24.7 Å². The fourth-order valence-electron chi connectivity index (χ4n) is 6.81. The van der Waals surface area contributed by atoms with Gasteiger partial charge in [-0.2, -0.15) is 0 Å². The number of esters is 1. The SMILES string of the molecule is Cc1c(C(=O)OC23CC4CC(CC(C4)C2)C3)cccc1-c1cc2ccccc2oc1=O. The third-order valence-electron chi connectivity index (χ3n) is 7.78. The summed E-state index contributed by atoms with van der Waals surface area (Å²) in [5, 5.41) is 0.859. The van der Waals surface area contributed by atoms with Crippen LogP contribution >= 0.6 is 0 Å². The first-order chi connectivity index (χ1) is 15.0. The number of hydrogen-bond donors (Lipinski definition) is 0. The van der Waals surface area contributed by atoms with Gasteiger partial charge >= 0.3 is 11.6 Å². The van der Waals surface area contributed by atoms with Crippen LogP contribution in [-0.2, 0) is 4.74 Å². The number of ether oxygens (including phenoxy) is 1. The van der Waals surface area contributed by atoms with Gasteiger partial charge in [0.15, 0.2) is 0 Å². The molecule has 2 aromatic carbocycles. The lowest BCUT2D eigenvalue weighted by molar-refractivity contribution is -0.131. The van der Waals surface area contributed by atoms with Crippen molar-refractivity contribution >= 4 is 16.9 Å². The van der Waals surface area contributed by atoms with Gasteiger partial charge in [-0.25, -0.2) is 9.59 Å². The fourth-order valence-corrected chi connectivity index (χ4v) is 6.81. The maximum atomic E-state index is 13.3. The highest BCUT2D eigenvalue weighted by molar-refractivity contribution is 5.94. The third-order valence-corrected chi connectivity index (χ3v) is 7.78. The molecule has 158 valence electrons. The molecule has 4 bridgehead atoms. The molecule has 4 aliphatic carbocycles.